The lowest BCUT2D eigenvalue weighted by Crippen LogP contribution is -2.15. The molecule has 1 rings (SSSR count). The lowest BCUT2D eigenvalue weighted by atomic mass is 10.0. The number of nitrogens with zero attached hydrogens (tertiary/aromatic N) is 1. The predicted octanol–water partition coefficient (Wildman–Crippen LogP) is 1.30. The number of aliphatic hydroxyl groups excluding tert-OH is 1. The van der Waals surface area contributed by atoms with Crippen molar-refractivity contribution in [2.75, 3.05) is 6.54 Å². The highest BCUT2D eigenvalue weighted by molar-refractivity contribution is 4.90. The van der Waals surface area contributed by atoms with Crippen LogP contribution < -0.4 is 0 Å². The van der Waals surface area contributed by atoms with Gasteiger partial charge in [0, 0.05) is 0 Å². The third-order valence-electron chi connectivity index (χ3n) is 2.12. The fourth-order valence-corrected chi connectivity index (χ4v) is 1.14. The molecule has 1 N–H and O–H groups in total. The van der Waals surface area contributed by atoms with E-state index in [-0.39, 0.29) is 6.54 Å². The van der Waals surface area contributed by atoms with Crippen LogP contribution in [0.1, 0.15) is 26.2 Å². The Kier molecular flexibility index (Phi) is 2.04. The highest BCUT2D eigenvalue weighted by atomic mass is 16.3. The Morgan fingerprint density at radius 1 is 1.70 bits per heavy atom. The fourth-order valence-electron chi connectivity index (χ4n) is 1.14. The quantitative estimate of drug-likeness (QED) is 0.603. The largest absolute Gasteiger partial charge is 0.391 e. The molecule has 1 fully saturated rings. The SMILES string of the molecule is CC1(CC(O)CN=O)CC1. The van der Waals surface area contributed by atoms with E-state index in [0.29, 0.717) is 5.41 Å². The molecular formula is C7H13NO2. The van der Waals surface area contributed by atoms with Crippen molar-refractivity contribution in [3.05, 3.63) is 4.91 Å². The minimum absolute atomic E-state index is 0.0512. The van der Waals surface area contributed by atoms with Crippen molar-refractivity contribution in [2.24, 2.45) is 10.6 Å². The second-order valence-corrected chi connectivity index (χ2v) is 3.48. The molecule has 0 aromatic rings. The lowest BCUT2D eigenvalue weighted by Gasteiger charge is -2.10. The van der Waals surface area contributed by atoms with Crippen LogP contribution in [0.3, 0.4) is 0 Å². The van der Waals surface area contributed by atoms with Crippen LogP contribution in [0, 0.1) is 10.3 Å². The van der Waals surface area contributed by atoms with Crippen LogP contribution in [0.2, 0.25) is 0 Å². The highest BCUT2D eigenvalue weighted by Gasteiger charge is 2.38. The molecule has 0 aliphatic heterocycles. The topological polar surface area (TPSA) is 49.7 Å². The molecule has 1 saturated carbocycles. The molecule has 3 heteroatoms. The van der Waals surface area contributed by atoms with Crippen molar-refractivity contribution >= 4 is 0 Å². The summed E-state index contributed by atoms with van der Waals surface area (Å²) in [6.45, 7) is 2.18. The second kappa shape index (κ2) is 2.66. The van der Waals surface area contributed by atoms with Gasteiger partial charge in [0.1, 0.15) is 6.54 Å². The van der Waals surface area contributed by atoms with Gasteiger partial charge in [-0.25, -0.2) is 0 Å². The summed E-state index contributed by atoms with van der Waals surface area (Å²) in [7, 11) is 0. The molecule has 10 heavy (non-hydrogen) atoms. The first kappa shape index (κ1) is 7.66. The van der Waals surface area contributed by atoms with Crippen molar-refractivity contribution in [3.63, 3.8) is 0 Å². The standard InChI is InChI=1S/C7H13NO2/c1-7(2-3-7)4-6(9)5-8-10/h6,9H,2-5H2,1H3. The monoisotopic (exact) mass is 143 g/mol. The van der Waals surface area contributed by atoms with Gasteiger partial charge in [0.15, 0.2) is 0 Å². The average molecular weight is 143 g/mol. The Morgan fingerprint density at radius 2 is 2.30 bits per heavy atom. The van der Waals surface area contributed by atoms with Crippen LogP contribution in [-0.2, 0) is 0 Å². The minimum Gasteiger partial charge on any atom is -0.391 e. The molecule has 0 spiro atoms. The number of aliphatic hydroxyl groups is 1. The maximum Gasteiger partial charge on any atom is 0.107 e. The molecule has 0 amide bonds. The van der Waals surface area contributed by atoms with E-state index in [1.54, 1.807) is 0 Å². The first-order chi connectivity index (χ1) is 4.66. The minimum atomic E-state index is -0.509. The predicted molar refractivity (Wildman–Crippen MR) is 38.6 cm³/mol. The molecule has 58 valence electrons. The van der Waals surface area contributed by atoms with E-state index in [9.17, 15) is 4.91 Å². The summed E-state index contributed by atoms with van der Waals surface area (Å²) >= 11 is 0. The van der Waals surface area contributed by atoms with Crippen LogP contribution in [0.25, 0.3) is 0 Å². The van der Waals surface area contributed by atoms with Crippen molar-refractivity contribution in [1.29, 1.82) is 0 Å². The molecule has 1 aliphatic carbocycles. The third kappa shape index (κ3) is 2.06. The van der Waals surface area contributed by atoms with E-state index in [1.165, 1.54) is 12.8 Å². The van der Waals surface area contributed by atoms with Gasteiger partial charge < -0.3 is 5.11 Å². The van der Waals surface area contributed by atoms with Gasteiger partial charge in [-0.2, -0.15) is 4.91 Å². The summed E-state index contributed by atoms with van der Waals surface area (Å²) < 4.78 is 0. The van der Waals surface area contributed by atoms with E-state index >= 15 is 0 Å². The van der Waals surface area contributed by atoms with E-state index in [2.05, 4.69) is 12.1 Å². The lowest BCUT2D eigenvalue weighted by molar-refractivity contribution is 0.148. The van der Waals surface area contributed by atoms with E-state index < -0.39 is 6.10 Å². The fraction of sp³-hybridized carbons (Fsp3) is 1.00. The maximum absolute atomic E-state index is 9.71. The van der Waals surface area contributed by atoms with Gasteiger partial charge in [0.25, 0.3) is 0 Å². The molecule has 3 nitrogen and oxygen atoms in total. The first-order valence-electron chi connectivity index (χ1n) is 3.63. The summed E-state index contributed by atoms with van der Waals surface area (Å²) in [5.74, 6) is 0. The average Bonchev–Trinajstić information content (AvgIpc) is 2.48. The van der Waals surface area contributed by atoms with Gasteiger partial charge >= 0.3 is 0 Å². The Balaban J connectivity index is 2.17. The highest BCUT2D eigenvalue weighted by Crippen LogP contribution is 2.48. The van der Waals surface area contributed by atoms with Crippen LogP contribution in [-0.4, -0.2) is 17.8 Å². The van der Waals surface area contributed by atoms with Gasteiger partial charge in [-0.05, 0) is 24.7 Å². The maximum atomic E-state index is 9.71. The summed E-state index contributed by atoms with van der Waals surface area (Å²) in [6, 6.07) is 0. The van der Waals surface area contributed by atoms with Crippen molar-refractivity contribution < 1.29 is 5.11 Å². The van der Waals surface area contributed by atoms with Crippen molar-refractivity contribution in [1.82, 2.24) is 0 Å². The van der Waals surface area contributed by atoms with Gasteiger partial charge in [-0.1, -0.05) is 12.1 Å². The number of hydrogen-bond donors (Lipinski definition) is 1. The zero-order chi connectivity index (χ0) is 7.61. The molecule has 0 radical (unpaired) electrons. The van der Waals surface area contributed by atoms with Gasteiger partial charge in [-0.3, -0.25) is 0 Å². The van der Waals surface area contributed by atoms with Gasteiger partial charge in [0.2, 0.25) is 0 Å². The number of hydrogen-bond acceptors (Lipinski definition) is 3. The molecule has 0 saturated heterocycles. The second-order valence-electron chi connectivity index (χ2n) is 3.48. The Morgan fingerprint density at radius 3 is 2.70 bits per heavy atom. The molecule has 0 bridgehead atoms. The normalized spacial score (nSPS) is 23.8. The van der Waals surface area contributed by atoms with Crippen LogP contribution in [0.15, 0.2) is 5.18 Å². The zero-order valence-corrected chi connectivity index (χ0v) is 6.21. The molecule has 0 heterocycles. The first-order valence-corrected chi connectivity index (χ1v) is 3.63. The van der Waals surface area contributed by atoms with Gasteiger partial charge in [-0.15, -0.1) is 0 Å². The molecule has 1 atom stereocenters. The summed E-state index contributed by atoms with van der Waals surface area (Å²) in [5, 5.41) is 11.8. The molecule has 1 unspecified atom stereocenters. The number of nitroso groups, excluding NO2 is 1. The summed E-state index contributed by atoms with van der Waals surface area (Å²) in [4.78, 5) is 9.71. The van der Waals surface area contributed by atoms with E-state index in [0.717, 1.165) is 6.42 Å². The molecule has 1 aliphatic rings. The van der Waals surface area contributed by atoms with Crippen molar-refractivity contribution in [2.45, 2.75) is 32.3 Å². The Bertz CT molecular complexity index is 132. The zero-order valence-electron chi connectivity index (χ0n) is 6.21. The Hall–Kier alpha value is -0.440. The van der Waals surface area contributed by atoms with Gasteiger partial charge in [0.05, 0.1) is 6.10 Å². The molecular weight excluding hydrogens is 130 g/mol. The summed E-state index contributed by atoms with van der Waals surface area (Å²) in [6.07, 6.45) is 2.59. The molecule has 0 aromatic carbocycles. The van der Waals surface area contributed by atoms with Crippen molar-refractivity contribution in [3.8, 4) is 0 Å². The van der Waals surface area contributed by atoms with E-state index in [1.807, 2.05) is 0 Å². The molecule has 0 aromatic heterocycles. The summed E-state index contributed by atoms with van der Waals surface area (Å²) in [5.41, 5.74) is 0.324. The Labute approximate surface area is 60.4 Å². The smallest absolute Gasteiger partial charge is 0.107 e. The van der Waals surface area contributed by atoms with Crippen LogP contribution in [0.4, 0.5) is 0 Å². The van der Waals surface area contributed by atoms with E-state index in [4.69, 9.17) is 5.11 Å². The van der Waals surface area contributed by atoms with Crippen LogP contribution in [0.5, 0.6) is 0 Å². The third-order valence-corrected chi connectivity index (χ3v) is 2.12. The van der Waals surface area contributed by atoms with Crippen LogP contribution >= 0.6 is 0 Å². The number of rotatable bonds is 4.